The van der Waals surface area contributed by atoms with Crippen molar-refractivity contribution in [2.24, 2.45) is 22.7 Å². The predicted octanol–water partition coefficient (Wildman–Crippen LogP) is 1.91. The van der Waals surface area contributed by atoms with Gasteiger partial charge in [0.1, 0.15) is 0 Å². The Morgan fingerprint density at radius 2 is 1.67 bits per heavy atom. The van der Waals surface area contributed by atoms with Crippen LogP contribution in [0.15, 0.2) is 0 Å². The van der Waals surface area contributed by atoms with Gasteiger partial charge in [-0.2, -0.15) is 0 Å². The van der Waals surface area contributed by atoms with Gasteiger partial charge in [-0.15, -0.1) is 0 Å². The van der Waals surface area contributed by atoms with Gasteiger partial charge in [-0.05, 0) is 88.5 Å². The zero-order valence-electron chi connectivity index (χ0n) is 13.2. The van der Waals surface area contributed by atoms with E-state index in [4.69, 9.17) is 5.11 Å². The van der Waals surface area contributed by atoms with Crippen LogP contribution in [-0.4, -0.2) is 60.6 Å². The number of carboxylic acid groups (broad SMARTS) is 1. The van der Waals surface area contributed by atoms with Crippen LogP contribution in [0.25, 0.3) is 0 Å². The summed E-state index contributed by atoms with van der Waals surface area (Å²) >= 11 is 0. The average Bonchev–Trinajstić information content (AvgIpc) is 3.34. The fourth-order valence-corrected chi connectivity index (χ4v) is 5.11. The summed E-state index contributed by atoms with van der Waals surface area (Å²) < 4.78 is 0. The molecule has 2 aliphatic heterocycles. The SMILES string of the molecule is CN1CCC2(CC1)CC2CN1CCC2(CC1)CC2C(=O)O. The molecule has 118 valence electrons. The lowest BCUT2D eigenvalue weighted by Gasteiger charge is -2.34. The molecule has 2 unspecified atom stereocenters. The highest BCUT2D eigenvalue weighted by Crippen LogP contribution is 2.61. The molecular formula is C17H28N2O2. The van der Waals surface area contributed by atoms with E-state index in [9.17, 15) is 4.79 Å². The van der Waals surface area contributed by atoms with Crippen LogP contribution in [0.2, 0.25) is 0 Å². The Morgan fingerprint density at radius 3 is 2.24 bits per heavy atom. The highest BCUT2D eigenvalue weighted by Gasteiger charge is 2.60. The first-order valence-corrected chi connectivity index (χ1v) is 8.67. The number of rotatable bonds is 3. The van der Waals surface area contributed by atoms with Gasteiger partial charge < -0.3 is 14.9 Å². The van der Waals surface area contributed by atoms with Gasteiger partial charge >= 0.3 is 5.97 Å². The largest absolute Gasteiger partial charge is 0.481 e. The second-order valence-electron chi connectivity index (χ2n) is 8.32. The summed E-state index contributed by atoms with van der Waals surface area (Å²) in [5, 5.41) is 9.16. The number of hydrogen-bond donors (Lipinski definition) is 1. The zero-order valence-corrected chi connectivity index (χ0v) is 13.2. The maximum Gasteiger partial charge on any atom is 0.307 e. The number of piperidine rings is 2. The van der Waals surface area contributed by atoms with E-state index in [1.54, 1.807) is 0 Å². The van der Waals surface area contributed by atoms with Crippen molar-refractivity contribution in [3.8, 4) is 0 Å². The minimum atomic E-state index is -0.559. The molecule has 4 fully saturated rings. The van der Waals surface area contributed by atoms with E-state index in [0.717, 1.165) is 38.3 Å². The summed E-state index contributed by atoms with van der Waals surface area (Å²) in [6.45, 7) is 6.10. The average molecular weight is 292 g/mol. The van der Waals surface area contributed by atoms with Crippen LogP contribution in [0, 0.1) is 22.7 Å². The van der Waals surface area contributed by atoms with Crippen LogP contribution in [0.4, 0.5) is 0 Å². The zero-order chi connectivity index (χ0) is 14.7. The molecule has 0 radical (unpaired) electrons. The molecular weight excluding hydrogens is 264 g/mol. The molecule has 0 aromatic rings. The lowest BCUT2D eigenvalue weighted by atomic mass is 9.89. The third-order valence-electron chi connectivity index (χ3n) is 7.16. The molecule has 4 nitrogen and oxygen atoms in total. The van der Waals surface area contributed by atoms with Crippen LogP contribution in [-0.2, 0) is 4.79 Å². The van der Waals surface area contributed by atoms with E-state index < -0.39 is 5.97 Å². The Morgan fingerprint density at radius 1 is 1.05 bits per heavy atom. The Bertz CT molecular complexity index is 434. The summed E-state index contributed by atoms with van der Waals surface area (Å²) in [5.41, 5.74) is 0.877. The molecule has 0 aromatic heterocycles. The summed E-state index contributed by atoms with van der Waals surface area (Å²) in [6, 6.07) is 0. The van der Waals surface area contributed by atoms with Gasteiger partial charge in [-0.25, -0.2) is 0 Å². The van der Waals surface area contributed by atoms with E-state index in [2.05, 4.69) is 16.8 Å². The number of hydrogen-bond acceptors (Lipinski definition) is 3. The standard InChI is InChI=1S/C17H28N2O2/c1-18-6-2-16(3-7-18)10-13(16)12-19-8-4-17(5-9-19)11-14(17)15(20)21/h13-14H,2-12H2,1H3,(H,20,21). The van der Waals surface area contributed by atoms with Crippen molar-refractivity contribution in [2.75, 3.05) is 39.8 Å². The molecule has 2 atom stereocenters. The maximum absolute atomic E-state index is 11.1. The Hall–Kier alpha value is -0.610. The highest BCUT2D eigenvalue weighted by atomic mass is 16.4. The number of carbonyl (C=O) groups is 1. The molecule has 2 heterocycles. The van der Waals surface area contributed by atoms with Crippen molar-refractivity contribution >= 4 is 5.97 Å². The fraction of sp³-hybridized carbons (Fsp3) is 0.941. The van der Waals surface area contributed by atoms with Crippen molar-refractivity contribution < 1.29 is 9.90 Å². The van der Waals surface area contributed by atoms with Gasteiger partial charge in [0.15, 0.2) is 0 Å². The molecule has 2 saturated carbocycles. The van der Waals surface area contributed by atoms with Crippen LogP contribution in [0.1, 0.15) is 38.5 Å². The summed E-state index contributed by atoms with van der Waals surface area (Å²) in [6.07, 6.45) is 7.41. The fourth-order valence-electron chi connectivity index (χ4n) is 5.11. The Labute approximate surface area is 127 Å². The lowest BCUT2D eigenvalue weighted by molar-refractivity contribution is -0.139. The predicted molar refractivity (Wildman–Crippen MR) is 81.1 cm³/mol. The molecule has 2 aliphatic carbocycles. The van der Waals surface area contributed by atoms with E-state index in [1.807, 2.05) is 0 Å². The van der Waals surface area contributed by atoms with Gasteiger partial charge in [0, 0.05) is 6.54 Å². The minimum Gasteiger partial charge on any atom is -0.481 e. The topological polar surface area (TPSA) is 43.8 Å². The third kappa shape index (κ3) is 2.40. The van der Waals surface area contributed by atoms with E-state index in [-0.39, 0.29) is 11.3 Å². The third-order valence-corrected chi connectivity index (χ3v) is 7.16. The van der Waals surface area contributed by atoms with Crippen molar-refractivity contribution in [3.05, 3.63) is 0 Å². The van der Waals surface area contributed by atoms with Crippen molar-refractivity contribution in [3.63, 3.8) is 0 Å². The quantitative estimate of drug-likeness (QED) is 0.863. The van der Waals surface area contributed by atoms with Crippen molar-refractivity contribution in [1.82, 2.24) is 9.80 Å². The van der Waals surface area contributed by atoms with Gasteiger partial charge in [0.05, 0.1) is 5.92 Å². The minimum absolute atomic E-state index is 0.0270. The van der Waals surface area contributed by atoms with Gasteiger partial charge in [0.2, 0.25) is 0 Å². The maximum atomic E-state index is 11.1. The molecule has 2 saturated heterocycles. The summed E-state index contributed by atoms with van der Waals surface area (Å²) in [4.78, 5) is 16.2. The molecule has 0 amide bonds. The Balaban J connectivity index is 1.25. The number of carboxylic acids is 1. The van der Waals surface area contributed by atoms with E-state index >= 15 is 0 Å². The smallest absolute Gasteiger partial charge is 0.307 e. The van der Waals surface area contributed by atoms with E-state index in [1.165, 1.54) is 38.9 Å². The van der Waals surface area contributed by atoms with Crippen LogP contribution < -0.4 is 0 Å². The molecule has 4 rings (SSSR count). The normalized spacial score (nSPS) is 37.8. The van der Waals surface area contributed by atoms with Gasteiger partial charge in [0.25, 0.3) is 0 Å². The highest BCUT2D eigenvalue weighted by molar-refractivity contribution is 5.74. The Kier molecular flexibility index (Phi) is 3.13. The molecule has 4 aliphatic rings. The monoisotopic (exact) mass is 292 g/mol. The van der Waals surface area contributed by atoms with Crippen LogP contribution in [0.5, 0.6) is 0 Å². The first-order chi connectivity index (χ1) is 10.0. The second kappa shape index (κ2) is 4.69. The molecule has 0 bridgehead atoms. The second-order valence-corrected chi connectivity index (χ2v) is 8.32. The van der Waals surface area contributed by atoms with E-state index in [0.29, 0.717) is 5.41 Å². The summed E-state index contributed by atoms with van der Waals surface area (Å²) in [5.74, 6) is 0.339. The summed E-state index contributed by atoms with van der Waals surface area (Å²) in [7, 11) is 2.24. The van der Waals surface area contributed by atoms with Crippen LogP contribution >= 0.6 is 0 Å². The first-order valence-electron chi connectivity index (χ1n) is 8.67. The lowest BCUT2D eigenvalue weighted by Crippen LogP contribution is -2.38. The first kappa shape index (κ1) is 14.0. The number of nitrogens with zero attached hydrogens (tertiary/aromatic N) is 2. The molecule has 2 spiro atoms. The van der Waals surface area contributed by atoms with Crippen LogP contribution in [0.3, 0.4) is 0 Å². The molecule has 0 aromatic carbocycles. The van der Waals surface area contributed by atoms with Crippen molar-refractivity contribution in [1.29, 1.82) is 0 Å². The molecule has 4 heteroatoms. The van der Waals surface area contributed by atoms with Gasteiger partial charge in [-0.3, -0.25) is 4.79 Å². The molecule has 1 N–H and O–H groups in total. The number of aliphatic carboxylic acids is 1. The van der Waals surface area contributed by atoms with Gasteiger partial charge in [-0.1, -0.05) is 0 Å². The molecule has 21 heavy (non-hydrogen) atoms. The number of likely N-dealkylation sites (tertiary alicyclic amines) is 2. The van der Waals surface area contributed by atoms with Crippen molar-refractivity contribution in [2.45, 2.75) is 38.5 Å².